The second kappa shape index (κ2) is 4.68. The van der Waals surface area contributed by atoms with Crippen LogP contribution in [0.25, 0.3) is 0 Å². The zero-order valence-corrected chi connectivity index (χ0v) is 8.25. The van der Waals surface area contributed by atoms with Gasteiger partial charge in [-0.1, -0.05) is 0 Å². The molecular weight excluding hydrogens is 206 g/mol. The third kappa shape index (κ3) is 3.16. The van der Waals surface area contributed by atoms with Crippen LogP contribution in [0, 0.1) is 11.6 Å². The molecule has 0 radical (unpaired) electrons. The van der Waals surface area contributed by atoms with Crippen molar-refractivity contribution < 1.29 is 18.3 Å². The van der Waals surface area contributed by atoms with Gasteiger partial charge in [-0.15, -0.1) is 0 Å². The minimum absolute atomic E-state index is 0.363. The Bertz CT molecular complexity index is 349. The fourth-order valence-electron chi connectivity index (χ4n) is 0.876. The predicted octanol–water partition coefficient (Wildman–Crippen LogP) is 2.32. The predicted molar refractivity (Wildman–Crippen MR) is 49.4 cm³/mol. The minimum Gasteiger partial charge on any atom is -0.447 e. The van der Waals surface area contributed by atoms with Crippen LogP contribution in [-0.2, 0) is 4.74 Å². The first-order valence-electron chi connectivity index (χ1n) is 4.27. The van der Waals surface area contributed by atoms with Gasteiger partial charge in [0.2, 0.25) is 0 Å². The summed E-state index contributed by atoms with van der Waals surface area (Å²) in [6.07, 6.45) is 0.328. The molecule has 0 bridgehead atoms. The Balaban J connectivity index is 2.76. The number of nitrogens with zero attached hydrogens (tertiary/aromatic N) is 1. The van der Waals surface area contributed by atoms with Gasteiger partial charge in [-0.2, -0.15) is 0 Å². The number of halogens is 2. The summed E-state index contributed by atoms with van der Waals surface area (Å²) in [5.74, 6) is -1.90. The average Bonchev–Trinajstić information content (AvgIpc) is 2.10. The zero-order valence-electron chi connectivity index (χ0n) is 8.25. The average molecular weight is 216 g/mol. The molecule has 0 fully saturated rings. The van der Waals surface area contributed by atoms with E-state index in [-0.39, 0.29) is 6.10 Å². The van der Waals surface area contributed by atoms with Crippen molar-refractivity contribution in [2.75, 3.05) is 5.32 Å². The highest BCUT2D eigenvalue weighted by atomic mass is 19.1. The van der Waals surface area contributed by atoms with Crippen LogP contribution < -0.4 is 5.32 Å². The number of rotatable bonds is 2. The van der Waals surface area contributed by atoms with E-state index in [0.29, 0.717) is 0 Å². The van der Waals surface area contributed by atoms with E-state index in [1.165, 1.54) is 0 Å². The quantitative estimate of drug-likeness (QED) is 0.825. The maximum absolute atomic E-state index is 13.0. The number of ether oxygens (including phenoxy) is 1. The number of amides is 1. The topological polar surface area (TPSA) is 51.2 Å². The van der Waals surface area contributed by atoms with E-state index < -0.39 is 23.4 Å². The van der Waals surface area contributed by atoms with E-state index in [0.717, 1.165) is 12.4 Å². The Morgan fingerprint density at radius 1 is 1.40 bits per heavy atom. The van der Waals surface area contributed by atoms with Gasteiger partial charge in [-0.05, 0) is 13.8 Å². The molecule has 1 aromatic heterocycles. The smallest absolute Gasteiger partial charge is 0.412 e. The maximum Gasteiger partial charge on any atom is 0.412 e. The van der Waals surface area contributed by atoms with Gasteiger partial charge in [0.05, 0.1) is 18.5 Å². The van der Waals surface area contributed by atoms with Crippen LogP contribution in [0.4, 0.5) is 19.3 Å². The molecular formula is C9H10F2N2O2. The van der Waals surface area contributed by atoms with Crippen molar-refractivity contribution >= 4 is 11.8 Å². The third-order valence-electron chi connectivity index (χ3n) is 1.42. The van der Waals surface area contributed by atoms with E-state index >= 15 is 0 Å². The molecule has 0 atom stereocenters. The van der Waals surface area contributed by atoms with Gasteiger partial charge in [-0.25, -0.2) is 13.6 Å². The number of carbonyl (C=O) groups is 1. The van der Waals surface area contributed by atoms with Crippen LogP contribution in [0.1, 0.15) is 13.8 Å². The lowest BCUT2D eigenvalue weighted by Gasteiger charge is -2.10. The number of hydrogen-bond acceptors (Lipinski definition) is 3. The summed E-state index contributed by atoms with van der Waals surface area (Å²) in [6, 6.07) is 0. The maximum atomic E-state index is 13.0. The monoisotopic (exact) mass is 216 g/mol. The molecule has 0 aliphatic rings. The van der Waals surface area contributed by atoms with E-state index in [4.69, 9.17) is 0 Å². The Morgan fingerprint density at radius 2 is 1.93 bits per heavy atom. The molecule has 1 rings (SSSR count). The first-order valence-corrected chi connectivity index (χ1v) is 4.27. The molecule has 0 aliphatic carbocycles. The summed E-state index contributed by atoms with van der Waals surface area (Å²) >= 11 is 0. The third-order valence-corrected chi connectivity index (χ3v) is 1.42. The van der Waals surface area contributed by atoms with E-state index in [9.17, 15) is 13.6 Å². The Labute approximate surface area is 85.3 Å². The molecule has 1 amide bonds. The highest BCUT2D eigenvalue weighted by Gasteiger charge is 2.13. The first kappa shape index (κ1) is 11.4. The van der Waals surface area contributed by atoms with Crippen LogP contribution in [0.3, 0.4) is 0 Å². The molecule has 1 heterocycles. The van der Waals surface area contributed by atoms with Gasteiger partial charge in [0.25, 0.3) is 0 Å². The van der Waals surface area contributed by atoms with Gasteiger partial charge in [0.1, 0.15) is 5.69 Å². The summed E-state index contributed by atoms with van der Waals surface area (Å²) in [5, 5.41) is 1.96. The molecule has 0 aliphatic heterocycles. The number of nitrogens with one attached hydrogen (secondary N) is 1. The van der Waals surface area contributed by atoms with Gasteiger partial charge in [-0.3, -0.25) is 10.3 Å². The molecule has 15 heavy (non-hydrogen) atoms. The Morgan fingerprint density at radius 3 is 2.40 bits per heavy atom. The molecule has 4 nitrogen and oxygen atoms in total. The molecule has 0 unspecified atom stereocenters. The van der Waals surface area contributed by atoms with Crippen molar-refractivity contribution in [3.63, 3.8) is 0 Å². The number of carbonyl (C=O) groups excluding carboxylic acids is 1. The standard InChI is InChI=1S/C9H10F2N2O2/c1-5(2)15-9(14)13-8-6(10)3-12-4-7(8)11/h3-5H,1-2H3,(H,12,13,14). The van der Waals surface area contributed by atoms with Crippen molar-refractivity contribution in [2.45, 2.75) is 20.0 Å². The van der Waals surface area contributed by atoms with Crippen molar-refractivity contribution in [2.24, 2.45) is 0 Å². The van der Waals surface area contributed by atoms with Crippen molar-refractivity contribution in [3.8, 4) is 0 Å². The van der Waals surface area contributed by atoms with Crippen molar-refractivity contribution in [1.29, 1.82) is 0 Å². The van der Waals surface area contributed by atoms with Crippen LogP contribution in [0.15, 0.2) is 12.4 Å². The lowest BCUT2D eigenvalue weighted by Crippen LogP contribution is -2.19. The number of anilines is 1. The van der Waals surface area contributed by atoms with Gasteiger partial charge in [0.15, 0.2) is 11.6 Å². The highest BCUT2D eigenvalue weighted by Crippen LogP contribution is 2.16. The largest absolute Gasteiger partial charge is 0.447 e. The molecule has 1 aromatic rings. The molecule has 82 valence electrons. The van der Waals surface area contributed by atoms with E-state index in [1.807, 2.05) is 5.32 Å². The highest BCUT2D eigenvalue weighted by molar-refractivity contribution is 5.84. The number of pyridine rings is 1. The molecule has 0 aromatic carbocycles. The van der Waals surface area contributed by atoms with Gasteiger partial charge < -0.3 is 4.74 Å². The van der Waals surface area contributed by atoms with Gasteiger partial charge >= 0.3 is 6.09 Å². The van der Waals surface area contributed by atoms with Gasteiger partial charge in [0, 0.05) is 0 Å². The van der Waals surface area contributed by atoms with Crippen molar-refractivity contribution in [1.82, 2.24) is 4.98 Å². The molecule has 0 spiro atoms. The normalized spacial score (nSPS) is 10.2. The van der Waals surface area contributed by atoms with Crippen LogP contribution in [0.2, 0.25) is 0 Å². The fraction of sp³-hybridized carbons (Fsp3) is 0.333. The number of aromatic nitrogens is 1. The minimum atomic E-state index is -0.948. The summed E-state index contributed by atoms with van der Waals surface area (Å²) in [7, 11) is 0. The SMILES string of the molecule is CC(C)OC(=O)Nc1c(F)cncc1F. The van der Waals surface area contributed by atoms with E-state index in [1.54, 1.807) is 13.8 Å². The lowest BCUT2D eigenvalue weighted by molar-refractivity contribution is 0.129. The lowest BCUT2D eigenvalue weighted by atomic mass is 10.4. The van der Waals surface area contributed by atoms with Crippen LogP contribution in [-0.4, -0.2) is 17.2 Å². The Kier molecular flexibility index (Phi) is 3.54. The van der Waals surface area contributed by atoms with Crippen molar-refractivity contribution in [3.05, 3.63) is 24.0 Å². The molecule has 0 saturated heterocycles. The summed E-state index contributed by atoms with van der Waals surface area (Å²) in [5.41, 5.74) is -0.560. The fourth-order valence-corrected chi connectivity index (χ4v) is 0.876. The Hall–Kier alpha value is -1.72. The van der Waals surface area contributed by atoms with Crippen LogP contribution >= 0.6 is 0 Å². The summed E-state index contributed by atoms with van der Waals surface area (Å²) in [6.45, 7) is 3.25. The van der Waals surface area contributed by atoms with E-state index in [2.05, 4.69) is 9.72 Å². The second-order valence-electron chi connectivity index (χ2n) is 3.06. The molecule has 0 saturated carbocycles. The summed E-state index contributed by atoms with van der Waals surface area (Å²) < 4.78 is 30.6. The molecule has 6 heteroatoms. The first-order chi connectivity index (χ1) is 7.00. The number of hydrogen-bond donors (Lipinski definition) is 1. The zero-order chi connectivity index (χ0) is 11.4. The van der Waals surface area contributed by atoms with Crippen LogP contribution in [0.5, 0.6) is 0 Å². The molecule has 1 N–H and O–H groups in total. The second-order valence-corrected chi connectivity index (χ2v) is 3.06. The summed E-state index contributed by atoms with van der Waals surface area (Å²) in [4.78, 5) is 14.3.